The first-order valence-corrected chi connectivity index (χ1v) is 11.3. The van der Waals surface area contributed by atoms with Crippen LogP contribution in [0.1, 0.15) is 12.8 Å². The average Bonchev–Trinajstić information content (AvgIpc) is 3.28. The molecule has 0 spiro atoms. The van der Waals surface area contributed by atoms with Crippen LogP contribution in [-0.4, -0.2) is 41.0 Å². The van der Waals surface area contributed by atoms with Crippen LogP contribution in [0.2, 0.25) is 5.02 Å². The summed E-state index contributed by atoms with van der Waals surface area (Å²) >= 11 is 7.25. The number of nitrogens with one attached hydrogen (secondary N) is 1. The molecule has 2 aromatic carbocycles. The van der Waals surface area contributed by atoms with Gasteiger partial charge in [0.25, 0.3) is 5.56 Å². The highest BCUT2D eigenvalue weighted by atomic mass is 35.5. The Bertz CT molecular complexity index is 1160. The Morgan fingerprint density at radius 3 is 2.97 bits per heavy atom. The molecular weight excluding hydrogens is 438 g/mol. The van der Waals surface area contributed by atoms with Crippen molar-refractivity contribution in [2.24, 2.45) is 0 Å². The largest absolute Gasteiger partial charge is 0.495 e. The number of fused-ring (bicyclic) bond motifs is 1. The molecule has 1 fully saturated rings. The van der Waals surface area contributed by atoms with Gasteiger partial charge in [0.2, 0.25) is 5.91 Å². The van der Waals surface area contributed by atoms with E-state index in [1.165, 1.54) is 18.9 Å². The number of halogens is 1. The average molecular weight is 460 g/mol. The fourth-order valence-corrected chi connectivity index (χ4v) is 4.49. The fourth-order valence-electron chi connectivity index (χ4n) is 3.51. The summed E-state index contributed by atoms with van der Waals surface area (Å²) < 4.78 is 12.6. The maximum absolute atomic E-state index is 13.1. The number of para-hydroxylation sites is 1. The van der Waals surface area contributed by atoms with E-state index in [0.717, 1.165) is 12.8 Å². The summed E-state index contributed by atoms with van der Waals surface area (Å²) in [4.78, 5) is 30.4. The number of aromatic nitrogens is 2. The Kier molecular flexibility index (Phi) is 6.80. The summed E-state index contributed by atoms with van der Waals surface area (Å²) in [7, 11) is 1.52. The molecule has 0 radical (unpaired) electrons. The number of carbonyl (C=O) groups excluding carboxylic acids is 1. The number of ether oxygens (including phenoxy) is 2. The minimum Gasteiger partial charge on any atom is -0.495 e. The first-order valence-electron chi connectivity index (χ1n) is 9.92. The Balaban J connectivity index is 1.56. The predicted octanol–water partition coefficient (Wildman–Crippen LogP) is 3.97. The zero-order chi connectivity index (χ0) is 21.8. The Morgan fingerprint density at radius 1 is 1.35 bits per heavy atom. The molecule has 2 heterocycles. The molecule has 0 saturated carbocycles. The lowest BCUT2D eigenvalue weighted by molar-refractivity contribution is -0.113. The molecule has 0 bridgehead atoms. The molecular formula is C22H22ClN3O4S. The van der Waals surface area contributed by atoms with E-state index in [4.69, 9.17) is 21.1 Å². The molecule has 1 N–H and O–H groups in total. The van der Waals surface area contributed by atoms with Gasteiger partial charge in [0.15, 0.2) is 5.16 Å². The van der Waals surface area contributed by atoms with Gasteiger partial charge < -0.3 is 14.8 Å². The lowest BCUT2D eigenvalue weighted by Gasteiger charge is -2.16. The van der Waals surface area contributed by atoms with Gasteiger partial charge in [0.1, 0.15) is 5.75 Å². The molecule has 1 atom stereocenters. The van der Waals surface area contributed by atoms with Crippen LogP contribution < -0.4 is 15.6 Å². The van der Waals surface area contributed by atoms with E-state index in [9.17, 15) is 9.59 Å². The third-order valence-electron chi connectivity index (χ3n) is 5.00. The van der Waals surface area contributed by atoms with Crippen molar-refractivity contribution >= 4 is 45.9 Å². The van der Waals surface area contributed by atoms with E-state index in [0.29, 0.717) is 45.7 Å². The number of anilines is 1. The van der Waals surface area contributed by atoms with E-state index in [1.807, 2.05) is 12.1 Å². The Morgan fingerprint density at radius 2 is 2.19 bits per heavy atom. The quantitative estimate of drug-likeness (QED) is 0.425. The summed E-state index contributed by atoms with van der Waals surface area (Å²) in [6, 6.07) is 12.2. The number of benzene rings is 2. The summed E-state index contributed by atoms with van der Waals surface area (Å²) in [5, 5.41) is 4.35. The van der Waals surface area contributed by atoms with E-state index in [1.54, 1.807) is 34.9 Å². The van der Waals surface area contributed by atoms with Crippen LogP contribution in [0.5, 0.6) is 5.75 Å². The van der Waals surface area contributed by atoms with E-state index in [-0.39, 0.29) is 23.3 Å². The molecule has 1 aliphatic rings. The van der Waals surface area contributed by atoms with Gasteiger partial charge in [-0.05, 0) is 43.2 Å². The number of amides is 1. The molecule has 3 aromatic rings. The lowest BCUT2D eigenvalue weighted by atomic mass is 10.2. The third kappa shape index (κ3) is 5.03. The highest BCUT2D eigenvalue weighted by Crippen LogP contribution is 2.28. The van der Waals surface area contributed by atoms with Crippen molar-refractivity contribution in [1.82, 2.24) is 9.55 Å². The maximum Gasteiger partial charge on any atom is 0.262 e. The van der Waals surface area contributed by atoms with Gasteiger partial charge >= 0.3 is 0 Å². The molecule has 1 amide bonds. The van der Waals surface area contributed by atoms with Gasteiger partial charge in [-0.25, -0.2) is 4.98 Å². The number of hydrogen-bond acceptors (Lipinski definition) is 6. The SMILES string of the molecule is COc1ccc(Cl)cc1NC(=O)CSc1nc2ccccc2c(=O)n1CC1CCCO1. The highest BCUT2D eigenvalue weighted by molar-refractivity contribution is 7.99. The van der Waals surface area contributed by atoms with Gasteiger partial charge in [-0.2, -0.15) is 0 Å². The van der Waals surface area contributed by atoms with Gasteiger partial charge in [-0.15, -0.1) is 0 Å². The molecule has 1 aliphatic heterocycles. The van der Waals surface area contributed by atoms with Gasteiger partial charge in [-0.1, -0.05) is 35.5 Å². The molecule has 1 aromatic heterocycles. The van der Waals surface area contributed by atoms with Crippen molar-refractivity contribution in [1.29, 1.82) is 0 Å². The van der Waals surface area contributed by atoms with E-state index < -0.39 is 0 Å². The van der Waals surface area contributed by atoms with Gasteiger partial charge in [-0.3, -0.25) is 14.2 Å². The monoisotopic (exact) mass is 459 g/mol. The summed E-state index contributed by atoms with van der Waals surface area (Å²) in [5.74, 6) is 0.338. The standard InChI is InChI=1S/C22H22ClN3O4S/c1-29-19-9-8-14(23)11-18(19)24-20(27)13-31-22-25-17-7-3-2-6-16(17)21(28)26(22)12-15-5-4-10-30-15/h2-3,6-9,11,15H,4-5,10,12-13H2,1H3,(H,24,27). The number of nitrogens with zero attached hydrogens (tertiary/aromatic N) is 2. The Hall–Kier alpha value is -2.55. The zero-order valence-corrected chi connectivity index (χ0v) is 18.5. The number of hydrogen-bond donors (Lipinski definition) is 1. The number of carbonyl (C=O) groups is 1. The molecule has 1 saturated heterocycles. The van der Waals surface area contributed by atoms with Crippen molar-refractivity contribution in [3.8, 4) is 5.75 Å². The first-order chi connectivity index (χ1) is 15.0. The summed E-state index contributed by atoms with van der Waals surface area (Å²) in [6.45, 7) is 1.12. The third-order valence-corrected chi connectivity index (χ3v) is 6.22. The van der Waals surface area contributed by atoms with E-state index >= 15 is 0 Å². The topological polar surface area (TPSA) is 82.5 Å². The minimum absolute atomic E-state index is 0.0236. The number of rotatable bonds is 7. The van der Waals surface area contributed by atoms with Crippen LogP contribution >= 0.6 is 23.4 Å². The molecule has 31 heavy (non-hydrogen) atoms. The first kappa shape index (κ1) is 21.7. The summed E-state index contributed by atoms with van der Waals surface area (Å²) in [6.07, 6.45) is 1.86. The maximum atomic E-state index is 13.1. The Labute approximate surface area is 188 Å². The second-order valence-corrected chi connectivity index (χ2v) is 8.52. The second-order valence-electron chi connectivity index (χ2n) is 7.14. The van der Waals surface area contributed by atoms with Crippen LogP contribution in [0.15, 0.2) is 52.4 Å². The van der Waals surface area contributed by atoms with Crippen molar-refractivity contribution < 1.29 is 14.3 Å². The van der Waals surface area contributed by atoms with Crippen LogP contribution in [0.4, 0.5) is 5.69 Å². The second kappa shape index (κ2) is 9.72. The van der Waals surface area contributed by atoms with E-state index in [2.05, 4.69) is 10.3 Å². The van der Waals surface area contributed by atoms with Crippen molar-refractivity contribution in [2.45, 2.75) is 30.6 Å². The van der Waals surface area contributed by atoms with Crippen molar-refractivity contribution in [3.63, 3.8) is 0 Å². The smallest absolute Gasteiger partial charge is 0.262 e. The molecule has 1 unspecified atom stereocenters. The van der Waals surface area contributed by atoms with Crippen molar-refractivity contribution in [2.75, 3.05) is 24.8 Å². The number of methoxy groups -OCH3 is 1. The van der Waals surface area contributed by atoms with Crippen LogP contribution in [0.3, 0.4) is 0 Å². The number of thioether (sulfide) groups is 1. The molecule has 4 rings (SSSR count). The lowest BCUT2D eigenvalue weighted by Crippen LogP contribution is -2.29. The fraction of sp³-hybridized carbons (Fsp3) is 0.318. The molecule has 0 aliphatic carbocycles. The van der Waals surface area contributed by atoms with Crippen LogP contribution in [0, 0.1) is 0 Å². The molecule has 9 heteroatoms. The highest BCUT2D eigenvalue weighted by Gasteiger charge is 2.21. The van der Waals surface area contributed by atoms with Crippen molar-refractivity contribution in [3.05, 3.63) is 57.8 Å². The minimum atomic E-state index is -0.253. The van der Waals surface area contributed by atoms with Crippen LogP contribution in [-0.2, 0) is 16.1 Å². The summed E-state index contributed by atoms with van der Waals surface area (Å²) in [5.41, 5.74) is 0.972. The van der Waals surface area contributed by atoms with Gasteiger partial charge in [0, 0.05) is 11.6 Å². The predicted molar refractivity (Wildman–Crippen MR) is 122 cm³/mol. The molecule has 7 nitrogen and oxygen atoms in total. The normalized spacial score (nSPS) is 15.9. The molecule has 162 valence electrons. The van der Waals surface area contributed by atoms with Gasteiger partial charge in [0.05, 0.1) is 42.1 Å². The van der Waals surface area contributed by atoms with Crippen LogP contribution in [0.25, 0.3) is 10.9 Å². The zero-order valence-electron chi connectivity index (χ0n) is 17.0.